The third kappa shape index (κ3) is 3.56. The van der Waals surface area contributed by atoms with Crippen molar-refractivity contribution in [1.82, 2.24) is 4.90 Å². The van der Waals surface area contributed by atoms with Gasteiger partial charge in [-0.15, -0.1) is 0 Å². The Morgan fingerprint density at radius 1 is 1.00 bits per heavy atom. The highest BCUT2D eigenvalue weighted by atomic mass is 16.2. The smallest absolute Gasteiger partial charge is 0.261 e. The van der Waals surface area contributed by atoms with Crippen molar-refractivity contribution in [1.29, 1.82) is 0 Å². The fourth-order valence-corrected chi connectivity index (χ4v) is 5.27. The average molecular weight is 443 g/mol. The van der Waals surface area contributed by atoms with Gasteiger partial charge in [-0.1, -0.05) is 23.3 Å². The molecule has 33 heavy (non-hydrogen) atoms. The number of Topliss-reactive ketones (excluding diaryl/α,β-unsaturated/α-hetero) is 2. The summed E-state index contributed by atoms with van der Waals surface area (Å²) in [6, 6.07) is 11.7. The molecule has 0 saturated heterocycles. The quantitative estimate of drug-likeness (QED) is 0.325. The molecule has 1 saturated carbocycles. The second-order valence-electron chi connectivity index (χ2n) is 8.71. The number of rotatable bonds is 5. The van der Waals surface area contributed by atoms with Crippen LogP contribution in [0.2, 0.25) is 0 Å². The fraction of sp³-hybridized carbons (Fsp3) is 0.333. The molecule has 3 unspecified atom stereocenters. The first-order valence-electron chi connectivity index (χ1n) is 10.9. The van der Waals surface area contributed by atoms with Crippen molar-refractivity contribution in [2.24, 2.45) is 17.0 Å². The molecule has 2 aromatic carbocycles. The van der Waals surface area contributed by atoms with Gasteiger partial charge in [0.2, 0.25) is 0 Å². The van der Waals surface area contributed by atoms with Gasteiger partial charge in [0.15, 0.2) is 5.78 Å². The Kier molecular flexibility index (Phi) is 5.18. The molecule has 1 fully saturated rings. The van der Waals surface area contributed by atoms with Crippen molar-refractivity contribution in [2.45, 2.75) is 31.8 Å². The summed E-state index contributed by atoms with van der Waals surface area (Å²) in [7, 11) is 0. The molecule has 1 aliphatic carbocycles. The van der Waals surface area contributed by atoms with E-state index >= 15 is 0 Å². The van der Waals surface area contributed by atoms with Crippen LogP contribution in [-0.2, 0) is 11.3 Å². The lowest BCUT2D eigenvalue weighted by atomic mass is 9.68. The van der Waals surface area contributed by atoms with Crippen molar-refractivity contribution in [3.63, 3.8) is 0 Å². The van der Waals surface area contributed by atoms with Crippen LogP contribution in [0.15, 0.2) is 47.6 Å². The van der Waals surface area contributed by atoms with Crippen molar-refractivity contribution in [3.05, 3.63) is 75.2 Å². The summed E-state index contributed by atoms with van der Waals surface area (Å²) < 4.78 is 0. The van der Waals surface area contributed by atoms with Crippen molar-refractivity contribution in [2.75, 3.05) is 11.9 Å². The molecule has 5 rings (SSSR count). The predicted molar refractivity (Wildman–Crippen MR) is 119 cm³/mol. The Morgan fingerprint density at radius 2 is 1.73 bits per heavy atom. The molecule has 2 aliphatic heterocycles. The van der Waals surface area contributed by atoms with Crippen molar-refractivity contribution < 1.29 is 19.2 Å². The highest BCUT2D eigenvalue weighted by molar-refractivity contribution is 6.21. The molecule has 0 spiro atoms. The first kappa shape index (κ1) is 20.9. The van der Waals surface area contributed by atoms with Crippen LogP contribution in [0.25, 0.3) is 10.4 Å². The number of benzene rings is 2. The number of ketones is 2. The Hall–Kier alpha value is -3.97. The van der Waals surface area contributed by atoms with Crippen LogP contribution < -0.4 is 5.32 Å². The van der Waals surface area contributed by atoms with Gasteiger partial charge in [0.05, 0.1) is 17.7 Å². The van der Waals surface area contributed by atoms with Crippen molar-refractivity contribution >= 4 is 29.1 Å². The van der Waals surface area contributed by atoms with E-state index in [1.165, 1.54) is 4.90 Å². The number of nitrogens with zero attached hydrogens (tertiary/aromatic N) is 4. The Morgan fingerprint density at radius 3 is 2.42 bits per heavy atom. The number of hydrogen-bond acceptors (Lipinski definition) is 6. The summed E-state index contributed by atoms with van der Waals surface area (Å²) in [5, 5.41) is 6.90. The monoisotopic (exact) mass is 443 g/mol. The Balaban J connectivity index is 1.38. The van der Waals surface area contributed by atoms with Gasteiger partial charge >= 0.3 is 0 Å². The SMILES string of the molecule is [N-]=[N+]=NCc1ccc2c(c1)C(=O)C1C(CCN3C(=O)c4ccccc4C3=O)CC(=O)CC1N2. The van der Waals surface area contributed by atoms with Gasteiger partial charge in [-0.2, -0.15) is 0 Å². The van der Waals surface area contributed by atoms with E-state index < -0.39 is 5.92 Å². The van der Waals surface area contributed by atoms with E-state index in [1.807, 2.05) is 0 Å². The standard InChI is InChI=1S/C24H21N5O4/c25-28-26-12-13-5-6-19-18(9-13)22(31)21-14(10-15(30)11-20(21)27-19)7-8-29-23(32)16-3-1-2-4-17(16)24(29)33/h1-6,9,14,20-21,27H,7-8,10-12H2. The first-order chi connectivity index (χ1) is 16.0. The third-order valence-corrected chi connectivity index (χ3v) is 6.79. The van der Waals surface area contributed by atoms with Gasteiger partial charge in [0, 0.05) is 47.5 Å². The highest BCUT2D eigenvalue weighted by Crippen LogP contribution is 2.41. The number of amides is 2. The van der Waals surface area contributed by atoms with Gasteiger partial charge in [-0.05, 0) is 47.7 Å². The number of carbonyl (C=O) groups is 4. The zero-order valence-electron chi connectivity index (χ0n) is 17.7. The highest BCUT2D eigenvalue weighted by Gasteiger charge is 2.45. The van der Waals surface area contributed by atoms with Crippen LogP contribution in [-0.4, -0.2) is 40.9 Å². The number of carbonyl (C=O) groups excluding carboxylic acids is 4. The molecule has 3 aliphatic rings. The number of hydrogen-bond donors (Lipinski definition) is 1. The van der Waals surface area contributed by atoms with Gasteiger partial charge in [0.1, 0.15) is 5.78 Å². The lowest BCUT2D eigenvalue weighted by Gasteiger charge is -2.41. The molecule has 2 heterocycles. The number of azide groups is 1. The summed E-state index contributed by atoms with van der Waals surface area (Å²) in [6.45, 7) is 0.303. The van der Waals surface area contributed by atoms with Crippen LogP contribution in [0.1, 0.15) is 55.9 Å². The van der Waals surface area contributed by atoms with Gasteiger partial charge < -0.3 is 5.32 Å². The second kappa shape index (κ2) is 8.18. The van der Waals surface area contributed by atoms with E-state index in [2.05, 4.69) is 15.3 Å². The zero-order chi connectivity index (χ0) is 23.1. The number of fused-ring (bicyclic) bond motifs is 3. The Labute approximate surface area is 189 Å². The molecule has 0 radical (unpaired) electrons. The summed E-state index contributed by atoms with van der Waals surface area (Å²) >= 11 is 0. The maximum Gasteiger partial charge on any atom is 0.261 e. The number of imide groups is 1. The molecule has 0 aromatic heterocycles. The van der Waals surface area contributed by atoms with E-state index in [9.17, 15) is 19.2 Å². The van der Waals surface area contributed by atoms with Crippen LogP contribution in [0.5, 0.6) is 0 Å². The molecular weight excluding hydrogens is 422 g/mol. The molecule has 2 aromatic rings. The molecule has 3 atom stereocenters. The van der Waals surface area contributed by atoms with Crippen LogP contribution in [0.4, 0.5) is 5.69 Å². The summed E-state index contributed by atoms with van der Waals surface area (Å²) in [4.78, 5) is 55.4. The normalized spacial score (nSPS) is 23.4. The van der Waals surface area contributed by atoms with Crippen LogP contribution >= 0.6 is 0 Å². The predicted octanol–water partition coefficient (Wildman–Crippen LogP) is 3.76. The largest absolute Gasteiger partial charge is 0.381 e. The van der Waals surface area contributed by atoms with Gasteiger partial charge in [0.25, 0.3) is 11.8 Å². The zero-order valence-corrected chi connectivity index (χ0v) is 17.7. The number of nitrogens with one attached hydrogen (secondary N) is 1. The van der Waals surface area contributed by atoms with Crippen LogP contribution in [0, 0.1) is 11.8 Å². The van der Waals surface area contributed by atoms with Crippen LogP contribution in [0.3, 0.4) is 0 Å². The van der Waals surface area contributed by atoms with E-state index in [1.54, 1.807) is 42.5 Å². The topological polar surface area (TPSA) is 132 Å². The maximum absolute atomic E-state index is 13.5. The molecule has 2 amide bonds. The van der Waals surface area contributed by atoms with E-state index in [0.29, 0.717) is 28.8 Å². The maximum atomic E-state index is 13.5. The summed E-state index contributed by atoms with van der Waals surface area (Å²) in [5.41, 5.74) is 11.3. The first-order valence-corrected chi connectivity index (χ1v) is 10.9. The molecule has 1 N–H and O–H groups in total. The summed E-state index contributed by atoms with van der Waals surface area (Å²) in [5.74, 6) is -1.39. The lowest BCUT2D eigenvalue weighted by molar-refractivity contribution is -0.122. The molecular formula is C24H21N5O4. The minimum Gasteiger partial charge on any atom is -0.381 e. The van der Waals surface area contributed by atoms with E-state index in [0.717, 1.165) is 5.56 Å². The van der Waals surface area contributed by atoms with Crippen molar-refractivity contribution in [3.8, 4) is 0 Å². The average Bonchev–Trinajstić information content (AvgIpc) is 3.06. The minimum atomic E-state index is -0.430. The fourth-order valence-electron chi connectivity index (χ4n) is 5.27. The second-order valence-corrected chi connectivity index (χ2v) is 8.71. The molecule has 9 heteroatoms. The molecule has 0 bridgehead atoms. The number of anilines is 1. The molecule has 166 valence electrons. The van der Waals surface area contributed by atoms with E-state index in [-0.39, 0.29) is 61.3 Å². The Bertz CT molecular complexity index is 1210. The minimum absolute atomic E-state index is 0.0589. The molecule has 9 nitrogen and oxygen atoms in total. The third-order valence-electron chi connectivity index (χ3n) is 6.79. The van der Waals surface area contributed by atoms with Gasteiger partial charge in [-0.25, -0.2) is 0 Å². The lowest BCUT2D eigenvalue weighted by Crippen LogP contribution is -2.49. The van der Waals surface area contributed by atoms with E-state index in [4.69, 9.17) is 5.53 Å². The van der Waals surface area contributed by atoms with Gasteiger partial charge in [-0.3, -0.25) is 24.1 Å². The summed E-state index contributed by atoms with van der Waals surface area (Å²) in [6.07, 6.45) is 0.880.